The highest BCUT2D eigenvalue weighted by molar-refractivity contribution is 8.26. The zero-order valence-electron chi connectivity index (χ0n) is 5.68. The van der Waals surface area contributed by atoms with Crippen molar-refractivity contribution in [2.45, 2.75) is 19.3 Å². The molecule has 0 heterocycles. The van der Waals surface area contributed by atoms with Crippen molar-refractivity contribution >= 4 is 22.0 Å². The number of amidine groups is 1. The number of hydrogen-bond acceptors (Lipinski definition) is 3. The molecule has 4 N–H and O–H groups in total. The number of rotatable bonds is 1. The minimum Gasteiger partial charge on any atom is -0.378 e. The summed E-state index contributed by atoms with van der Waals surface area (Å²) in [4.78, 5) is 0. The molecule has 1 aliphatic rings. The minimum atomic E-state index is 0.0388. The Balaban J connectivity index is 2.27. The Morgan fingerprint density at radius 1 is 1.40 bits per heavy atom. The fourth-order valence-corrected chi connectivity index (χ4v) is 1.51. The van der Waals surface area contributed by atoms with Crippen LogP contribution in [0.2, 0.25) is 0 Å². The van der Waals surface area contributed by atoms with Crippen LogP contribution >= 0.6 is 11.8 Å². The first-order chi connectivity index (χ1) is 4.70. The van der Waals surface area contributed by atoms with E-state index >= 15 is 0 Å². The lowest BCUT2D eigenvalue weighted by atomic mass is 9.86. The lowest BCUT2D eigenvalue weighted by Crippen LogP contribution is -2.21. The van der Waals surface area contributed by atoms with Crippen molar-refractivity contribution in [2.75, 3.05) is 0 Å². The van der Waals surface area contributed by atoms with E-state index in [2.05, 4.69) is 0 Å². The number of thioether (sulfide) groups is 1. The van der Waals surface area contributed by atoms with E-state index in [1.54, 1.807) is 0 Å². The molecule has 0 aromatic heterocycles. The summed E-state index contributed by atoms with van der Waals surface area (Å²) in [5.41, 5.74) is 5.12. The first-order valence-corrected chi connectivity index (χ1v) is 4.12. The molecule has 1 fully saturated rings. The molecule has 0 spiro atoms. The summed E-state index contributed by atoms with van der Waals surface area (Å²) in [6.45, 7) is 0. The Labute approximate surface area is 64.4 Å². The second-order valence-corrected chi connectivity index (χ2v) is 3.54. The molecule has 3 nitrogen and oxygen atoms in total. The molecule has 0 aromatic rings. The van der Waals surface area contributed by atoms with Gasteiger partial charge in [-0.15, -0.1) is 0 Å². The van der Waals surface area contributed by atoms with Gasteiger partial charge in [0.25, 0.3) is 0 Å². The van der Waals surface area contributed by atoms with E-state index in [0.29, 0.717) is 11.0 Å². The normalized spacial score (nSPS) is 18.0. The van der Waals surface area contributed by atoms with Crippen molar-refractivity contribution in [1.29, 1.82) is 10.8 Å². The lowest BCUT2D eigenvalue weighted by molar-refractivity contribution is 0.417. The first kappa shape index (κ1) is 7.60. The summed E-state index contributed by atoms with van der Waals surface area (Å²) in [6, 6.07) is 0. The van der Waals surface area contributed by atoms with Crippen LogP contribution in [-0.4, -0.2) is 10.2 Å². The van der Waals surface area contributed by atoms with Crippen LogP contribution in [0.4, 0.5) is 0 Å². The maximum Gasteiger partial charge on any atom is 0.157 e. The summed E-state index contributed by atoms with van der Waals surface area (Å²) >= 11 is 1.08. The second-order valence-electron chi connectivity index (χ2n) is 2.46. The third-order valence-corrected chi connectivity index (χ3v) is 2.47. The Hall–Kier alpha value is -0.510. The van der Waals surface area contributed by atoms with E-state index in [1.807, 2.05) is 0 Å². The highest BCUT2D eigenvalue weighted by atomic mass is 32.2. The molecule has 0 radical (unpaired) electrons. The molecule has 0 aliphatic heterocycles. The zero-order valence-corrected chi connectivity index (χ0v) is 6.50. The van der Waals surface area contributed by atoms with Gasteiger partial charge >= 0.3 is 0 Å². The standard InChI is InChI=1S/C6H11N3S/c7-5(10-6(8)9)4-2-1-3-4/h4,7H,1-3H2,(H3,8,9). The van der Waals surface area contributed by atoms with Crippen molar-refractivity contribution in [3.63, 3.8) is 0 Å². The van der Waals surface area contributed by atoms with Gasteiger partial charge in [-0.1, -0.05) is 6.42 Å². The Morgan fingerprint density at radius 2 is 2.00 bits per heavy atom. The number of hydrogen-bond donors (Lipinski definition) is 3. The molecule has 4 heteroatoms. The quantitative estimate of drug-likeness (QED) is 0.397. The Kier molecular flexibility index (Phi) is 2.32. The van der Waals surface area contributed by atoms with Gasteiger partial charge in [-0.25, -0.2) is 0 Å². The molecule has 0 atom stereocenters. The van der Waals surface area contributed by atoms with Gasteiger partial charge in [0.2, 0.25) is 0 Å². The van der Waals surface area contributed by atoms with Crippen LogP contribution in [0, 0.1) is 16.7 Å². The van der Waals surface area contributed by atoms with E-state index in [1.165, 1.54) is 6.42 Å². The first-order valence-electron chi connectivity index (χ1n) is 3.30. The predicted octanol–water partition coefficient (Wildman–Crippen LogP) is 1.39. The maximum atomic E-state index is 7.42. The van der Waals surface area contributed by atoms with Crippen LogP contribution < -0.4 is 5.73 Å². The van der Waals surface area contributed by atoms with Gasteiger partial charge in [-0.05, 0) is 24.6 Å². The van der Waals surface area contributed by atoms with Crippen LogP contribution in [0.1, 0.15) is 19.3 Å². The van der Waals surface area contributed by atoms with Crippen molar-refractivity contribution in [1.82, 2.24) is 0 Å². The fraction of sp³-hybridized carbons (Fsp3) is 0.667. The fourth-order valence-electron chi connectivity index (χ4n) is 0.872. The van der Waals surface area contributed by atoms with E-state index in [9.17, 15) is 0 Å². The smallest absolute Gasteiger partial charge is 0.157 e. The van der Waals surface area contributed by atoms with Gasteiger partial charge in [-0.3, -0.25) is 10.8 Å². The molecule has 0 bridgehead atoms. The Bertz CT molecular complexity index is 162. The van der Waals surface area contributed by atoms with Crippen molar-refractivity contribution in [3.8, 4) is 0 Å². The van der Waals surface area contributed by atoms with Crippen LogP contribution in [0.5, 0.6) is 0 Å². The van der Waals surface area contributed by atoms with Crippen LogP contribution in [0.15, 0.2) is 0 Å². The topological polar surface area (TPSA) is 73.7 Å². The molecule has 0 unspecified atom stereocenters. The lowest BCUT2D eigenvalue weighted by Gasteiger charge is -2.24. The largest absolute Gasteiger partial charge is 0.378 e. The molecule has 0 amide bonds. The van der Waals surface area contributed by atoms with Crippen molar-refractivity contribution in [2.24, 2.45) is 11.7 Å². The maximum absolute atomic E-state index is 7.42. The Morgan fingerprint density at radius 3 is 2.30 bits per heavy atom. The van der Waals surface area contributed by atoms with Gasteiger partial charge in [-0.2, -0.15) is 0 Å². The van der Waals surface area contributed by atoms with Gasteiger partial charge < -0.3 is 5.73 Å². The van der Waals surface area contributed by atoms with Gasteiger partial charge in [0.15, 0.2) is 5.17 Å². The summed E-state index contributed by atoms with van der Waals surface area (Å²) in [7, 11) is 0. The average Bonchev–Trinajstić information content (AvgIpc) is 1.55. The second kappa shape index (κ2) is 3.05. The zero-order chi connectivity index (χ0) is 7.56. The third-order valence-electron chi connectivity index (χ3n) is 1.70. The van der Waals surface area contributed by atoms with E-state index in [4.69, 9.17) is 16.6 Å². The molecule has 1 rings (SSSR count). The predicted molar refractivity (Wildman–Crippen MR) is 44.6 cm³/mol. The number of nitrogens with two attached hydrogens (primary N) is 1. The molecular weight excluding hydrogens is 146 g/mol. The van der Waals surface area contributed by atoms with E-state index < -0.39 is 0 Å². The van der Waals surface area contributed by atoms with Gasteiger partial charge in [0.1, 0.15) is 0 Å². The molecule has 1 saturated carbocycles. The third kappa shape index (κ3) is 1.73. The number of nitrogens with one attached hydrogen (secondary N) is 2. The van der Waals surface area contributed by atoms with E-state index in [0.717, 1.165) is 24.6 Å². The molecule has 0 saturated heterocycles. The summed E-state index contributed by atoms with van der Waals surface area (Å²) in [5, 5.41) is 14.9. The highest BCUT2D eigenvalue weighted by Crippen LogP contribution is 2.30. The van der Waals surface area contributed by atoms with Gasteiger partial charge in [0, 0.05) is 5.92 Å². The summed E-state index contributed by atoms with van der Waals surface area (Å²) in [6.07, 6.45) is 3.45. The molecule has 1 aliphatic carbocycles. The van der Waals surface area contributed by atoms with Crippen molar-refractivity contribution < 1.29 is 0 Å². The molecule has 0 aromatic carbocycles. The molecular formula is C6H11N3S. The van der Waals surface area contributed by atoms with Crippen LogP contribution in [0.3, 0.4) is 0 Å². The minimum absolute atomic E-state index is 0.0388. The van der Waals surface area contributed by atoms with Gasteiger partial charge in [0.05, 0.1) is 5.04 Å². The van der Waals surface area contributed by atoms with Crippen molar-refractivity contribution in [3.05, 3.63) is 0 Å². The SMILES string of the molecule is N=C(N)SC(=N)C1CCC1. The van der Waals surface area contributed by atoms with Crippen LogP contribution in [-0.2, 0) is 0 Å². The molecule has 56 valence electrons. The highest BCUT2D eigenvalue weighted by Gasteiger charge is 2.22. The monoisotopic (exact) mass is 157 g/mol. The summed E-state index contributed by atoms with van der Waals surface area (Å²) < 4.78 is 0. The van der Waals surface area contributed by atoms with Crippen LogP contribution in [0.25, 0.3) is 0 Å². The average molecular weight is 157 g/mol. The molecule has 10 heavy (non-hydrogen) atoms. The summed E-state index contributed by atoms with van der Waals surface area (Å²) in [5.74, 6) is 0.411. The van der Waals surface area contributed by atoms with E-state index in [-0.39, 0.29) is 5.17 Å².